The molecule has 0 atom stereocenters. The summed E-state index contributed by atoms with van der Waals surface area (Å²) in [6.45, 7) is 7.90. The van der Waals surface area contributed by atoms with E-state index in [0.29, 0.717) is 12.1 Å². The quantitative estimate of drug-likeness (QED) is 0.347. The topological polar surface area (TPSA) is 74.8 Å². The summed E-state index contributed by atoms with van der Waals surface area (Å²) in [5, 5.41) is 9.18. The number of unbranched alkanes of at least 4 members (excludes halogenated alkanes) is 1. The lowest BCUT2D eigenvalue weighted by molar-refractivity contribution is 0.0963. The van der Waals surface area contributed by atoms with Crippen molar-refractivity contribution in [2.75, 3.05) is 33.4 Å². The Labute approximate surface area is 145 Å². The summed E-state index contributed by atoms with van der Waals surface area (Å²) in [6.07, 6.45) is 2.09. The number of hydrogen-bond donors (Lipinski definition) is 3. The fraction of sp³-hybridized carbons (Fsp3) is 0.556. The standard InChI is InChI=1S/C18H30N4O2/c1-4-20-18(21-12-6-7-13-24-5-2)22-14-15-8-10-16(11-9-15)17(23)19-3/h8-11H,4-7,12-14H2,1-3H3,(H,19,23)(H2,20,21,22). The van der Waals surface area contributed by atoms with E-state index in [9.17, 15) is 4.79 Å². The van der Waals surface area contributed by atoms with Gasteiger partial charge in [-0.3, -0.25) is 4.79 Å². The Hall–Kier alpha value is -2.08. The third kappa shape index (κ3) is 7.97. The molecule has 6 nitrogen and oxygen atoms in total. The molecule has 0 saturated carbocycles. The van der Waals surface area contributed by atoms with Crippen LogP contribution in [0.2, 0.25) is 0 Å². The van der Waals surface area contributed by atoms with Crippen molar-refractivity contribution >= 4 is 11.9 Å². The van der Waals surface area contributed by atoms with Crippen LogP contribution in [-0.4, -0.2) is 45.2 Å². The number of benzene rings is 1. The van der Waals surface area contributed by atoms with Gasteiger partial charge in [-0.2, -0.15) is 0 Å². The van der Waals surface area contributed by atoms with E-state index >= 15 is 0 Å². The van der Waals surface area contributed by atoms with Gasteiger partial charge in [-0.15, -0.1) is 0 Å². The molecule has 0 heterocycles. The Balaban J connectivity index is 2.45. The largest absolute Gasteiger partial charge is 0.382 e. The summed E-state index contributed by atoms with van der Waals surface area (Å²) in [5.41, 5.74) is 1.72. The molecule has 0 aliphatic heterocycles. The minimum Gasteiger partial charge on any atom is -0.382 e. The van der Waals surface area contributed by atoms with Crippen LogP contribution in [0.4, 0.5) is 0 Å². The van der Waals surface area contributed by atoms with Gasteiger partial charge in [0, 0.05) is 38.9 Å². The van der Waals surface area contributed by atoms with Crippen LogP contribution < -0.4 is 16.0 Å². The van der Waals surface area contributed by atoms with Crippen LogP contribution in [0, 0.1) is 0 Å². The maximum Gasteiger partial charge on any atom is 0.251 e. The number of ether oxygens (including phenoxy) is 1. The zero-order chi connectivity index (χ0) is 17.6. The molecular formula is C18H30N4O2. The number of hydrogen-bond acceptors (Lipinski definition) is 3. The highest BCUT2D eigenvalue weighted by Crippen LogP contribution is 2.05. The summed E-state index contributed by atoms with van der Waals surface area (Å²) in [4.78, 5) is 16.1. The maximum atomic E-state index is 11.5. The van der Waals surface area contributed by atoms with Gasteiger partial charge in [0.1, 0.15) is 0 Å². The van der Waals surface area contributed by atoms with E-state index in [-0.39, 0.29) is 5.91 Å². The number of guanidine groups is 1. The minimum absolute atomic E-state index is 0.0768. The maximum absolute atomic E-state index is 11.5. The van der Waals surface area contributed by atoms with Crippen molar-refractivity contribution in [3.05, 3.63) is 35.4 Å². The van der Waals surface area contributed by atoms with Crippen molar-refractivity contribution in [1.82, 2.24) is 16.0 Å². The third-order valence-corrected chi connectivity index (χ3v) is 3.42. The van der Waals surface area contributed by atoms with Crippen LogP contribution in [0.25, 0.3) is 0 Å². The number of nitrogens with one attached hydrogen (secondary N) is 3. The average molecular weight is 334 g/mol. The van der Waals surface area contributed by atoms with Crippen molar-refractivity contribution in [1.29, 1.82) is 0 Å². The zero-order valence-electron chi connectivity index (χ0n) is 15.0. The van der Waals surface area contributed by atoms with Crippen molar-refractivity contribution in [3.8, 4) is 0 Å². The number of nitrogens with zero attached hydrogens (tertiary/aromatic N) is 1. The lowest BCUT2D eigenvalue weighted by Gasteiger charge is -2.11. The molecule has 0 radical (unpaired) electrons. The molecule has 134 valence electrons. The molecule has 24 heavy (non-hydrogen) atoms. The van der Waals surface area contributed by atoms with Crippen molar-refractivity contribution < 1.29 is 9.53 Å². The Morgan fingerprint density at radius 1 is 1.12 bits per heavy atom. The van der Waals surface area contributed by atoms with Crippen LogP contribution in [0.5, 0.6) is 0 Å². The number of carbonyl (C=O) groups excluding carboxylic acids is 1. The fourth-order valence-corrected chi connectivity index (χ4v) is 2.10. The van der Waals surface area contributed by atoms with E-state index in [1.54, 1.807) is 7.05 Å². The summed E-state index contributed by atoms with van der Waals surface area (Å²) in [5.74, 6) is 0.733. The molecule has 0 saturated heterocycles. The van der Waals surface area contributed by atoms with E-state index in [0.717, 1.165) is 50.7 Å². The van der Waals surface area contributed by atoms with E-state index in [1.807, 2.05) is 38.1 Å². The predicted molar refractivity (Wildman–Crippen MR) is 98.4 cm³/mol. The first-order chi connectivity index (χ1) is 11.7. The lowest BCUT2D eigenvalue weighted by Crippen LogP contribution is -2.37. The van der Waals surface area contributed by atoms with Crippen LogP contribution >= 0.6 is 0 Å². The summed E-state index contributed by atoms with van der Waals surface area (Å²) in [6, 6.07) is 7.50. The van der Waals surface area contributed by atoms with E-state index in [1.165, 1.54) is 0 Å². The highest BCUT2D eigenvalue weighted by Gasteiger charge is 2.02. The Morgan fingerprint density at radius 3 is 2.50 bits per heavy atom. The Kier molecular flexibility index (Phi) is 10.3. The van der Waals surface area contributed by atoms with Crippen LogP contribution in [0.15, 0.2) is 29.3 Å². The first-order valence-corrected chi connectivity index (χ1v) is 8.62. The van der Waals surface area contributed by atoms with Gasteiger partial charge in [-0.05, 0) is 44.4 Å². The van der Waals surface area contributed by atoms with Gasteiger partial charge in [0.2, 0.25) is 0 Å². The zero-order valence-corrected chi connectivity index (χ0v) is 15.0. The summed E-state index contributed by atoms with van der Waals surface area (Å²) in [7, 11) is 1.63. The van der Waals surface area contributed by atoms with Crippen molar-refractivity contribution in [2.24, 2.45) is 4.99 Å². The second-order valence-electron chi connectivity index (χ2n) is 5.30. The predicted octanol–water partition coefficient (Wildman–Crippen LogP) is 1.92. The van der Waals surface area contributed by atoms with Crippen LogP contribution in [0.1, 0.15) is 42.6 Å². The molecule has 1 amide bonds. The molecule has 1 aromatic carbocycles. The van der Waals surface area contributed by atoms with E-state index < -0.39 is 0 Å². The van der Waals surface area contributed by atoms with Gasteiger partial charge < -0.3 is 20.7 Å². The van der Waals surface area contributed by atoms with Crippen molar-refractivity contribution in [3.63, 3.8) is 0 Å². The lowest BCUT2D eigenvalue weighted by atomic mass is 10.1. The molecule has 0 unspecified atom stereocenters. The number of carbonyl (C=O) groups is 1. The molecule has 3 N–H and O–H groups in total. The minimum atomic E-state index is -0.0768. The molecule has 0 aliphatic carbocycles. The third-order valence-electron chi connectivity index (χ3n) is 3.42. The van der Waals surface area contributed by atoms with Gasteiger partial charge in [-0.1, -0.05) is 12.1 Å². The first-order valence-electron chi connectivity index (χ1n) is 8.62. The second kappa shape index (κ2) is 12.4. The van der Waals surface area contributed by atoms with Gasteiger partial charge in [0.15, 0.2) is 5.96 Å². The highest BCUT2D eigenvalue weighted by molar-refractivity contribution is 5.93. The van der Waals surface area contributed by atoms with Crippen molar-refractivity contribution in [2.45, 2.75) is 33.2 Å². The first kappa shape index (κ1) is 20.0. The number of rotatable bonds is 10. The van der Waals surface area contributed by atoms with Gasteiger partial charge in [-0.25, -0.2) is 4.99 Å². The Bertz CT molecular complexity index is 500. The molecule has 0 bridgehead atoms. The highest BCUT2D eigenvalue weighted by atomic mass is 16.5. The average Bonchev–Trinajstić information content (AvgIpc) is 2.62. The van der Waals surface area contributed by atoms with E-state index in [2.05, 4.69) is 20.9 Å². The smallest absolute Gasteiger partial charge is 0.251 e. The summed E-state index contributed by atoms with van der Waals surface area (Å²) >= 11 is 0. The van der Waals surface area contributed by atoms with Gasteiger partial charge >= 0.3 is 0 Å². The normalized spacial score (nSPS) is 11.2. The molecule has 0 fully saturated rings. The molecule has 1 rings (SSSR count). The monoisotopic (exact) mass is 334 g/mol. The van der Waals surface area contributed by atoms with Gasteiger partial charge in [0.05, 0.1) is 6.54 Å². The fourth-order valence-electron chi connectivity index (χ4n) is 2.10. The second-order valence-corrected chi connectivity index (χ2v) is 5.30. The Morgan fingerprint density at radius 2 is 1.88 bits per heavy atom. The van der Waals surface area contributed by atoms with E-state index in [4.69, 9.17) is 4.74 Å². The molecule has 0 aliphatic rings. The molecule has 0 spiro atoms. The summed E-state index contributed by atoms with van der Waals surface area (Å²) < 4.78 is 5.33. The molecule has 0 aromatic heterocycles. The van der Waals surface area contributed by atoms with Crippen LogP contribution in [-0.2, 0) is 11.3 Å². The SMILES string of the molecule is CCNC(=NCc1ccc(C(=O)NC)cc1)NCCCCOCC. The van der Waals surface area contributed by atoms with Gasteiger partial charge in [0.25, 0.3) is 5.91 Å². The van der Waals surface area contributed by atoms with Crippen LogP contribution in [0.3, 0.4) is 0 Å². The number of aliphatic imine (C=N–C) groups is 1. The number of amides is 1. The molecular weight excluding hydrogens is 304 g/mol. The molecule has 6 heteroatoms. The molecule has 1 aromatic rings.